The van der Waals surface area contributed by atoms with E-state index in [4.69, 9.17) is 4.84 Å². The van der Waals surface area contributed by atoms with Crippen LogP contribution in [-0.4, -0.2) is 97.1 Å². The van der Waals surface area contributed by atoms with E-state index in [-0.39, 0.29) is 18.1 Å². The molecule has 0 bridgehead atoms. The molecular weight excluding hydrogens is 488 g/mol. The predicted octanol–water partition coefficient (Wildman–Crippen LogP) is 5.25. The van der Waals surface area contributed by atoms with Crippen LogP contribution in [0, 0.1) is 5.92 Å². The SMILES string of the molecule is CC(C)CC(C=O)ON(CCCc1ccccc1)C1CN(C2CCN(C)CC2)C(=O)CN1C.CCCCCC. The van der Waals surface area contributed by atoms with Gasteiger partial charge in [-0.25, -0.2) is 0 Å². The first-order valence-electron chi connectivity index (χ1n) is 15.4. The number of piperidine rings is 1. The second-order valence-electron chi connectivity index (χ2n) is 11.8. The van der Waals surface area contributed by atoms with Crippen molar-refractivity contribution in [1.82, 2.24) is 19.8 Å². The van der Waals surface area contributed by atoms with E-state index in [1.165, 1.54) is 31.2 Å². The monoisotopic (exact) mass is 544 g/mol. The Morgan fingerprint density at radius 2 is 1.67 bits per heavy atom. The highest BCUT2D eigenvalue weighted by Gasteiger charge is 2.38. The summed E-state index contributed by atoms with van der Waals surface area (Å²) in [7, 11) is 4.13. The highest BCUT2D eigenvalue weighted by Crippen LogP contribution is 2.23. The number of nitrogens with zero attached hydrogens (tertiary/aromatic N) is 4. The maximum Gasteiger partial charge on any atom is 0.237 e. The fourth-order valence-electron chi connectivity index (χ4n) is 5.41. The van der Waals surface area contributed by atoms with Gasteiger partial charge in [0.05, 0.1) is 13.1 Å². The zero-order valence-electron chi connectivity index (χ0n) is 25.7. The standard InChI is InChI=1S/C26H42N4O3.C6H14/c1-21(2)17-24(20-31)33-30(14-8-11-22-9-6-5-7-10-22)25-18-29(26(32)19-28(25)4)23-12-15-27(3)16-13-23;1-3-5-6-4-2/h5-7,9-10,20-21,23-25H,8,11-19H2,1-4H3;3-6H2,1-2H3. The summed E-state index contributed by atoms with van der Waals surface area (Å²) in [6, 6.07) is 10.7. The zero-order chi connectivity index (χ0) is 28.6. The molecule has 7 nitrogen and oxygen atoms in total. The van der Waals surface area contributed by atoms with E-state index < -0.39 is 6.10 Å². The maximum atomic E-state index is 12.9. The van der Waals surface area contributed by atoms with Gasteiger partial charge in [-0.2, -0.15) is 5.06 Å². The van der Waals surface area contributed by atoms with Crippen LogP contribution in [-0.2, 0) is 20.8 Å². The minimum atomic E-state index is -0.468. The molecule has 3 rings (SSSR count). The van der Waals surface area contributed by atoms with Crippen LogP contribution in [0.25, 0.3) is 0 Å². The Labute approximate surface area is 238 Å². The van der Waals surface area contributed by atoms with E-state index in [1.54, 1.807) is 0 Å². The van der Waals surface area contributed by atoms with Crippen molar-refractivity contribution in [1.29, 1.82) is 0 Å². The molecule has 0 N–H and O–H groups in total. The van der Waals surface area contributed by atoms with Gasteiger partial charge in [-0.05, 0) is 70.8 Å². The number of likely N-dealkylation sites (tertiary alicyclic amines) is 1. The van der Waals surface area contributed by atoms with Crippen molar-refractivity contribution >= 4 is 12.2 Å². The molecule has 2 atom stereocenters. The third-order valence-corrected chi connectivity index (χ3v) is 7.81. The molecule has 1 aromatic rings. The molecule has 1 amide bonds. The molecule has 0 spiro atoms. The summed E-state index contributed by atoms with van der Waals surface area (Å²) in [6.45, 7) is 12.4. The van der Waals surface area contributed by atoms with E-state index in [2.05, 4.69) is 73.7 Å². The van der Waals surface area contributed by atoms with E-state index in [9.17, 15) is 9.59 Å². The molecule has 2 heterocycles. The number of aryl methyl sites for hydroxylation is 1. The van der Waals surface area contributed by atoms with Crippen molar-refractivity contribution in [2.75, 3.05) is 46.8 Å². The van der Waals surface area contributed by atoms with Crippen LogP contribution in [0.1, 0.15) is 84.6 Å². The summed E-state index contributed by atoms with van der Waals surface area (Å²) in [5.74, 6) is 0.564. The topological polar surface area (TPSA) is 56.3 Å². The van der Waals surface area contributed by atoms with Crippen LogP contribution in [0.3, 0.4) is 0 Å². The average molecular weight is 545 g/mol. The van der Waals surface area contributed by atoms with Gasteiger partial charge in [-0.3, -0.25) is 14.5 Å². The third-order valence-electron chi connectivity index (χ3n) is 7.81. The molecule has 2 unspecified atom stereocenters. The number of likely N-dealkylation sites (N-methyl/N-ethyl adjacent to an activating group) is 1. The number of hydrogen-bond donors (Lipinski definition) is 0. The third kappa shape index (κ3) is 12.1. The number of unbranched alkanes of at least 4 members (excludes halogenated alkanes) is 3. The number of carbonyl (C=O) groups excluding carboxylic acids is 2. The van der Waals surface area contributed by atoms with Crippen molar-refractivity contribution in [2.24, 2.45) is 5.92 Å². The second kappa shape index (κ2) is 18.5. The summed E-state index contributed by atoms with van der Waals surface area (Å²) in [4.78, 5) is 37.5. The quantitative estimate of drug-likeness (QED) is 0.181. The van der Waals surface area contributed by atoms with E-state index in [0.717, 1.165) is 45.1 Å². The van der Waals surface area contributed by atoms with Gasteiger partial charge >= 0.3 is 0 Å². The molecule has 0 aliphatic carbocycles. The van der Waals surface area contributed by atoms with Crippen LogP contribution in [0.4, 0.5) is 0 Å². The second-order valence-corrected chi connectivity index (χ2v) is 11.8. The molecule has 7 heteroatoms. The van der Waals surface area contributed by atoms with Crippen LogP contribution >= 0.6 is 0 Å². The maximum absolute atomic E-state index is 12.9. The average Bonchev–Trinajstić information content (AvgIpc) is 2.92. The molecule has 1 aromatic carbocycles. The first-order valence-corrected chi connectivity index (χ1v) is 15.4. The normalized spacial score (nSPS) is 20.3. The lowest BCUT2D eigenvalue weighted by Crippen LogP contribution is -2.64. The molecular formula is C32H56N4O3. The van der Waals surface area contributed by atoms with Crippen molar-refractivity contribution in [3.63, 3.8) is 0 Å². The first-order chi connectivity index (χ1) is 18.8. The van der Waals surface area contributed by atoms with Crippen molar-refractivity contribution in [2.45, 2.75) is 104 Å². The molecule has 222 valence electrons. The lowest BCUT2D eigenvalue weighted by Gasteiger charge is -2.48. The number of benzene rings is 1. The summed E-state index contributed by atoms with van der Waals surface area (Å²) < 4.78 is 0. The molecule has 2 saturated heterocycles. The number of rotatable bonds is 14. The Hall–Kier alpha value is -1.80. The number of piperazine rings is 1. The van der Waals surface area contributed by atoms with Crippen molar-refractivity contribution in [3.05, 3.63) is 35.9 Å². The summed E-state index contributed by atoms with van der Waals surface area (Å²) in [5, 5.41) is 1.98. The van der Waals surface area contributed by atoms with Gasteiger partial charge in [0.15, 0.2) is 6.29 Å². The van der Waals surface area contributed by atoms with Crippen LogP contribution in [0.5, 0.6) is 0 Å². The highest BCUT2D eigenvalue weighted by atomic mass is 16.7. The fraction of sp³-hybridized carbons (Fsp3) is 0.750. The number of hydrogen-bond acceptors (Lipinski definition) is 6. The molecule has 2 fully saturated rings. The Bertz CT molecular complexity index is 794. The number of hydroxylamine groups is 2. The largest absolute Gasteiger partial charge is 0.335 e. The van der Waals surface area contributed by atoms with E-state index >= 15 is 0 Å². The Morgan fingerprint density at radius 1 is 1.03 bits per heavy atom. The first kappa shape index (κ1) is 33.4. The van der Waals surface area contributed by atoms with Gasteiger partial charge < -0.3 is 14.6 Å². The Balaban J connectivity index is 0.000000798. The smallest absolute Gasteiger partial charge is 0.237 e. The summed E-state index contributed by atoms with van der Waals surface area (Å²) in [5.41, 5.74) is 1.30. The van der Waals surface area contributed by atoms with Gasteiger partial charge in [0.2, 0.25) is 5.91 Å². The Morgan fingerprint density at radius 3 is 2.23 bits per heavy atom. The van der Waals surface area contributed by atoms with Gasteiger partial charge in [0, 0.05) is 12.6 Å². The zero-order valence-corrected chi connectivity index (χ0v) is 25.7. The molecule has 0 radical (unpaired) electrons. The summed E-state index contributed by atoms with van der Waals surface area (Å²) >= 11 is 0. The van der Waals surface area contributed by atoms with Gasteiger partial charge in [0.1, 0.15) is 12.3 Å². The van der Waals surface area contributed by atoms with Crippen molar-refractivity contribution < 1.29 is 14.4 Å². The molecule has 2 aliphatic heterocycles. The minimum absolute atomic E-state index is 0.0623. The predicted molar refractivity (Wildman–Crippen MR) is 160 cm³/mol. The van der Waals surface area contributed by atoms with Gasteiger partial charge in [-0.15, -0.1) is 0 Å². The molecule has 39 heavy (non-hydrogen) atoms. The van der Waals surface area contributed by atoms with Gasteiger partial charge in [-0.1, -0.05) is 83.7 Å². The number of aldehydes is 1. The lowest BCUT2D eigenvalue weighted by atomic mass is 10.0. The van der Waals surface area contributed by atoms with E-state index in [1.807, 2.05) is 18.2 Å². The van der Waals surface area contributed by atoms with Crippen LogP contribution < -0.4 is 0 Å². The fourth-order valence-corrected chi connectivity index (χ4v) is 5.41. The number of carbonyl (C=O) groups is 2. The highest BCUT2D eigenvalue weighted by molar-refractivity contribution is 5.79. The minimum Gasteiger partial charge on any atom is -0.335 e. The van der Waals surface area contributed by atoms with Crippen LogP contribution in [0.2, 0.25) is 0 Å². The molecule has 2 aliphatic rings. The van der Waals surface area contributed by atoms with Crippen molar-refractivity contribution in [3.8, 4) is 0 Å². The lowest BCUT2D eigenvalue weighted by molar-refractivity contribution is -0.250. The summed E-state index contributed by atoms with van der Waals surface area (Å²) in [6.07, 6.45) is 10.5. The molecule has 0 aromatic heterocycles. The van der Waals surface area contributed by atoms with E-state index in [0.29, 0.717) is 32.0 Å². The number of amides is 1. The Kier molecular flexibility index (Phi) is 15.9. The van der Waals surface area contributed by atoms with Gasteiger partial charge in [0.25, 0.3) is 0 Å². The molecule has 0 saturated carbocycles. The van der Waals surface area contributed by atoms with Crippen LogP contribution in [0.15, 0.2) is 30.3 Å².